The Morgan fingerprint density at radius 1 is 1.31 bits per heavy atom. The van der Waals surface area contributed by atoms with Gasteiger partial charge in [0.25, 0.3) is 5.91 Å². The van der Waals surface area contributed by atoms with Crippen molar-refractivity contribution in [3.63, 3.8) is 0 Å². The average Bonchev–Trinajstić information content (AvgIpc) is 3.39. The molecule has 0 aliphatic rings. The van der Waals surface area contributed by atoms with E-state index in [4.69, 9.17) is 9.15 Å². The van der Waals surface area contributed by atoms with Crippen molar-refractivity contribution < 1.29 is 18.9 Å². The SMILES string of the molecule is COc1ccc2nc(N(Cc3cccnc3)C(=O)c3ccc([N+](=O)[O-])o3)sc2c1. The van der Waals surface area contributed by atoms with Crippen LogP contribution in [0.3, 0.4) is 0 Å². The molecule has 4 rings (SSSR count). The first-order valence-electron chi connectivity index (χ1n) is 8.45. The Hall–Kier alpha value is -3.79. The summed E-state index contributed by atoms with van der Waals surface area (Å²) < 4.78 is 11.2. The minimum Gasteiger partial charge on any atom is -0.497 e. The monoisotopic (exact) mass is 410 g/mol. The molecule has 29 heavy (non-hydrogen) atoms. The van der Waals surface area contributed by atoms with Crippen molar-refractivity contribution in [3.05, 3.63) is 76.3 Å². The summed E-state index contributed by atoms with van der Waals surface area (Å²) in [5.74, 6) is -0.492. The van der Waals surface area contributed by atoms with Gasteiger partial charge in [0.15, 0.2) is 10.9 Å². The molecule has 3 aromatic heterocycles. The molecule has 0 bridgehead atoms. The Morgan fingerprint density at radius 2 is 2.17 bits per heavy atom. The van der Waals surface area contributed by atoms with E-state index in [-0.39, 0.29) is 12.3 Å². The van der Waals surface area contributed by atoms with Crippen molar-refractivity contribution >= 4 is 38.5 Å². The summed E-state index contributed by atoms with van der Waals surface area (Å²) in [4.78, 5) is 33.4. The van der Waals surface area contributed by atoms with Crippen molar-refractivity contribution in [3.8, 4) is 5.75 Å². The Labute approximate surface area is 168 Å². The zero-order valence-electron chi connectivity index (χ0n) is 15.1. The highest BCUT2D eigenvalue weighted by atomic mass is 32.1. The second-order valence-electron chi connectivity index (χ2n) is 5.98. The third kappa shape index (κ3) is 3.78. The average molecular weight is 410 g/mol. The molecule has 0 unspecified atom stereocenters. The molecule has 0 N–H and O–H groups in total. The van der Waals surface area contributed by atoms with Gasteiger partial charge in [0.2, 0.25) is 0 Å². The third-order valence-electron chi connectivity index (χ3n) is 4.11. The van der Waals surface area contributed by atoms with Crippen LogP contribution in [0, 0.1) is 10.1 Å². The number of amides is 1. The predicted octanol–water partition coefficient (Wildman–Crippen LogP) is 4.05. The summed E-state index contributed by atoms with van der Waals surface area (Å²) in [6.07, 6.45) is 3.27. The van der Waals surface area contributed by atoms with Gasteiger partial charge in [-0.1, -0.05) is 17.4 Å². The van der Waals surface area contributed by atoms with Crippen LogP contribution >= 0.6 is 11.3 Å². The normalized spacial score (nSPS) is 10.8. The van der Waals surface area contributed by atoms with Gasteiger partial charge in [-0.3, -0.25) is 24.8 Å². The Kier molecular flexibility index (Phi) is 4.92. The minimum absolute atomic E-state index is 0.141. The number of hydrogen-bond acceptors (Lipinski definition) is 8. The maximum atomic E-state index is 13.1. The number of fused-ring (bicyclic) bond motifs is 1. The number of hydrogen-bond donors (Lipinski definition) is 0. The van der Waals surface area contributed by atoms with E-state index in [0.29, 0.717) is 16.4 Å². The maximum absolute atomic E-state index is 13.1. The quantitative estimate of drug-likeness (QED) is 0.348. The molecule has 3 heterocycles. The number of nitrogens with zero attached hydrogens (tertiary/aromatic N) is 4. The number of ether oxygens (including phenoxy) is 1. The van der Waals surface area contributed by atoms with Gasteiger partial charge in [-0.2, -0.15) is 0 Å². The standard InChI is InChI=1S/C19H14N4O5S/c1-27-13-4-5-14-16(9-13)29-19(21-14)22(11-12-3-2-8-20-10-12)18(24)15-6-7-17(28-15)23(25)26/h2-10H,11H2,1H3. The fraction of sp³-hybridized carbons (Fsp3) is 0.105. The maximum Gasteiger partial charge on any atom is 0.433 e. The largest absolute Gasteiger partial charge is 0.497 e. The van der Waals surface area contributed by atoms with Gasteiger partial charge in [0, 0.05) is 12.4 Å². The molecule has 1 aromatic carbocycles. The number of carbonyl (C=O) groups is 1. The third-order valence-corrected chi connectivity index (χ3v) is 5.15. The van der Waals surface area contributed by atoms with Gasteiger partial charge in [-0.15, -0.1) is 0 Å². The molecule has 146 valence electrons. The Morgan fingerprint density at radius 3 is 2.86 bits per heavy atom. The van der Waals surface area contributed by atoms with Crippen molar-refractivity contribution in [1.29, 1.82) is 0 Å². The van der Waals surface area contributed by atoms with Crippen LogP contribution in [-0.4, -0.2) is 27.9 Å². The first kappa shape index (κ1) is 18.6. The number of pyridine rings is 1. The van der Waals surface area contributed by atoms with Crippen LogP contribution in [0.2, 0.25) is 0 Å². The number of methoxy groups -OCH3 is 1. The van der Waals surface area contributed by atoms with Crippen molar-refractivity contribution in [1.82, 2.24) is 9.97 Å². The number of rotatable bonds is 6. The Bertz CT molecular complexity index is 1190. The summed E-state index contributed by atoms with van der Waals surface area (Å²) in [7, 11) is 1.57. The molecule has 0 radical (unpaired) electrons. The molecule has 10 heteroatoms. The fourth-order valence-electron chi connectivity index (χ4n) is 2.71. The summed E-state index contributed by atoms with van der Waals surface area (Å²) >= 11 is 1.31. The lowest BCUT2D eigenvalue weighted by atomic mass is 10.2. The van der Waals surface area contributed by atoms with Crippen molar-refractivity contribution in [2.45, 2.75) is 6.54 Å². The summed E-state index contributed by atoms with van der Waals surface area (Å²) in [6, 6.07) is 11.5. The number of furan rings is 1. The van der Waals surface area contributed by atoms with Crippen LogP contribution in [0.25, 0.3) is 10.2 Å². The lowest BCUT2D eigenvalue weighted by molar-refractivity contribution is -0.402. The summed E-state index contributed by atoms with van der Waals surface area (Å²) in [5.41, 5.74) is 1.49. The van der Waals surface area contributed by atoms with Crippen LogP contribution < -0.4 is 9.64 Å². The van der Waals surface area contributed by atoms with E-state index in [1.807, 2.05) is 12.1 Å². The number of carbonyl (C=O) groups excluding carboxylic acids is 1. The summed E-state index contributed by atoms with van der Waals surface area (Å²) in [6.45, 7) is 0.179. The number of benzene rings is 1. The van der Waals surface area contributed by atoms with E-state index in [1.54, 1.807) is 37.7 Å². The lowest BCUT2D eigenvalue weighted by Crippen LogP contribution is -2.30. The summed E-state index contributed by atoms with van der Waals surface area (Å²) in [5, 5.41) is 11.3. The van der Waals surface area contributed by atoms with Crippen LogP contribution in [0.5, 0.6) is 5.75 Å². The van der Waals surface area contributed by atoms with Crippen molar-refractivity contribution in [2.75, 3.05) is 12.0 Å². The topological polar surface area (TPSA) is 112 Å². The van der Waals surface area contributed by atoms with Gasteiger partial charge < -0.3 is 9.15 Å². The number of anilines is 1. The fourth-order valence-corrected chi connectivity index (χ4v) is 3.70. The van der Waals surface area contributed by atoms with Gasteiger partial charge in [-0.05, 0) is 35.9 Å². The van der Waals surface area contributed by atoms with E-state index in [2.05, 4.69) is 9.97 Å². The van der Waals surface area contributed by atoms with Crippen LogP contribution in [0.1, 0.15) is 16.1 Å². The number of thiazole rings is 1. The minimum atomic E-state index is -0.688. The predicted molar refractivity (Wildman–Crippen MR) is 106 cm³/mol. The second kappa shape index (κ2) is 7.68. The lowest BCUT2D eigenvalue weighted by Gasteiger charge is -2.18. The van der Waals surface area contributed by atoms with E-state index in [1.165, 1.54) is 22.3 Å². The highest BCUT2D eigenvalue weighted by Crippen LogP contribution is 2.33. The number of nitro groups is 1. The van der Waals surface area contributed by atoms with Gasteiger partial charge in [0.05, 0.1) is 29.9 Å². The first-order chi connectivity index (χ1) is 14.0. The molecule has 0 fully saturated rings. The van der Waals surface area contributed by atoms with Gasteiger partial charge >= 0.3 is 5.88 Å². The molecule has 9 nitrogen and oxygen atoms in total. The molecule has 0 saturated carbocycles. The molecule has 0 aliphatic heterocycles. The molecule has 0 spiro atoms. The first-order valence-corrected chi connectivity index (χ1v) is 9.26. The zero-order chi connectivity index (χ0) is 20.4. The zero-order valence-corrected chi connectivity index (χ0v) is 16.0. The molecule has 0 atom stereocenters. The highest BCUT2D eigenvalue weighted by molar-refractivity contribution is 7.22. The van der Waals surface area contributed by atoms with E-state index in [0.717, 1.165) is 16.3 Å². The highest BCUT2D eigenvalue weighted by Gasteiger charge is 2.26. The van der Waals surface area contributed by atoms with Gasteiger partial charge in [0.1, 0.15) is 10.7 Å². The molecular weight excluding hydrogens is 396 g/mol. The smallest absolute Gasteiger partial charge is 0.433 e. The van der Waals surface area contributed by atoms with E-state index >= 15 is 0 Å². The second-order valence-corrected chi connectivity index (χ2v) is 6.99. The molecule has 1 amide bonds. The van der Waals surface area contributed by atoms with Crippen molar-refractivity contribution in [2.24, 2.45) is 0 Å². The van der Waals surface area contributed by atoms with E-state index in [9.17, 15) is 14.9 Å². The molecule has 0 aliphatic carbocycles. The van der Waals surface area contributed by atoms with Gasteiger partial charge in [-0.25, -0.2) is 4.98 Å². The van der Waals surface area contributed by atoms with Crippen LogP contribution in [0.15, 0.2) is 59.3 Å². The van der Waals surface area contributed by atoms with Crippen LogP contribution in [0.4, 0.5) is 11.0 Å². The molecule has 4 aromatic rings. The molecular formula is C19H14N4O5S. The Balaban J connectivity index is 1.75. The molecule has 0 saturated heterocycles. The number of aromatic nitrogens is 2. The van der Waals surface area contributed by atoms with Crippen LogP contribution in [-0.2, 0) is 6.54 Å². The van der Waals surface area contributed by atoms with E-state index < -0.39 is 16.7 Å².